The van der Waals surface area contributed by atoms with Crippen LogP contribution in [0.5, 0.6) is 0 Å². The third-order valence-electron chi connectivity index (χ3n) is 5.46. The van der Waals surface area contributed by atoms with E-state index in [9.17, 15) is 0 Å². The molecule has 3 N–H and O–H groups in total. The van der Waals surface area contributed by atoms with Gasteiger partial charge in [0, 0.05) is 52.3 Å². The first-order valence-electron chi connectivity index (χ1n) is 11.3. The summed E-state index contributed by atoms with van der Waals surface area (Å²) < 4.78 is 2.78. The van der Waals surface area contributed by atoms with E-state index in [0.29, 0.717) is 5.69 Å². The first-order chi connectivity index (χ1) is 14.7. The summed E-state index contributed by atoms with van der Waals surface area (Å²) in [7, 11) is 1.96. The third kappa shape index (κ3) is 10.8. The fourth-order valence-corrected chi connectivity index (χ4v) is 3.85. The van der Waals surface area contributed by atoms with Crippen molar-refractivity contribution in [3.05, 3.63) is 36.1 Å². The zero-order chi connectivity index (χ0) is 21.6. The van der Waals surface area contributed by atoms with E-state index in [2.05, 4.69) is 44.6 Å². The summed E-state index contributed by atoms with van der Waals surface area (Å²) in [4.78, 5) is 9.46. The average molecular weight is 520 g/mol. The van der Waals surface area contributed by atoms with Crippen molar-refractivity contribution >= 4 is 35.2 Å². The van der Waals surface area contributed by atoms with Gasteiger partial charge in [0.15, 0.2) is 0 Å². The summed E-state index contributed by atoms with van der Waals surface area (Å²) >= 11 is 4.68. The number of likely N-dealkylation sites (N-methyl/N-ethyl adjacent to an activating group) is 2. The van der Waals surface area contributed by atoms with Crippen molar-refractivity contribution in [2.45, 2.75) is 39.0 Å². The quantitative estimate of drug-likeness (QED) is 0.381. The molecular weight excluding hydrogens is 481 g/mol. The molecule has 1 aliphatic rings. The molecule has 171 valence electrons. The zero-order valence-electron chi connectivity index (χ0n) is 19.2. The van der Waals surface area contributed by atoms with Crippen LogP contribution in [0, 0.1) is 0 Å². The number of hydrogen-bond acceptors (Lipinski definition) is 6. The predicted molar refractivity (Wildman–Crippen MR) is 132 cm³/mol. The van der Waals surface area contributed by atoms with Crippen LogP contribution in [0.1, 0.15) is 39.0 Å². The van der Waals surface area contributed by atoms with E-state index in [1.54, 1.807) is 6.07 Å². The molecule has 0 atom stereocenters. The molecule has 2 aromatic rings. The second-order valence-corrected chi connectivity index (χ2v) is 8.05. The van der Waals surface area contributed by atoms with Crippen LogP contribution in [0.25, 0.3) is 16.6 Å². The van der Waals surface area contributed by atoms with Gasteiger partial charge < -0.3 is 38.4 Å². The summed E-state index contributed by atoms with van der Waals surface area (Å²) in [6.07, 6.45) is 6.83. The maximum Gasteiger partial charge on any atom is 0.129 e. The van der Waals surface area contributed by atoms with E-state index >= 15 is 0 Å². The fraction of sp³-hybridized carbons (Fsp3) is 0.609. The molecule has 0 aliphatic carbocycles. The number of aromatic nitrogens is 1. The molecule has 1 aromatic carbocycles. The van der Waals surface area contributed by atoms with Crippen LogP contribution in [0.4, 0.5) is 11.5 Å². The number of hydrogen-bond donors (Lipinski definition) is 2. The Kier molecular flexibility index (Phi) is 15.8. The first-order valence-corrected chi connectivity index (χ1v) is 11.7. The van der Waals surface area contributed by atoms with E-state index in [1.165, 1.54) is 51.7 Å². The third-order valence-corrected chi connectivity index (χ3v) is 5.67. The van der Waals surface area contributed by atoms with Crippen LogP contribution < -0.4 is 14.9 Å². The van der Waals surface area contributed by atoms with Crippen molar-refractivity contribution in [1.29, 1.82) is 0 Å². The Morgan fingerprint density at radius 1 is 1.10 bits per heavy atom. The van der Waals surface area contributed by atoms with E-state index in [0.717, 1.165) is 42.9 Å². The molecule has 0 amide bonds. The first kappa shape index (κ1) is 28.6. The van der Waals surface area contributed by atoms with Crippen molar-refractivity contribution in [1.82, 2.24) is 19.9 Å². The maximum absolute atomic E-state index is 7.60. The maximum atomic E-state index is 7.60. The molecule has 0 spiro atoms. The van der Waals surface area contributed by atoms with E-state index in [1.807, 2.05) is 31.3 Å². The number of benzene rings is 1. The Morgan fingerprint density at radius 2 is 1.84 bits per heavy atom. The van der Waals surface area contributed by atoms with Crippen molar-refractivity contribution in [2.24, 2.45) is 0 Å². The van der Waals surface area contributed by atoms with Gasteiger partial charge >= 0.3 is 0 Å². The molecule has 2 heterocycles. The fourth-order valence-electron chi connectivity index (χ4n) is 3.71. The minimum atomic E-state index is 0. The molecule has 31 heavy (non-hydrogen) atoms. The monoisotopic (exact) mass is 519 g/mol. The molecule has 3 rings (SSSR count). The smallest absolute Gasteiger partial charge is 0.129 e. The molecule has 6 nitrogen and oxygen atoms in total. The zero-order valence-corrected chi connectivity index (χ0v) is 22.9. The van der Waals surface area contributed by atoms with Crippen LogP contribution in [0.15, 0.2) is 30.3 Å². The number of pyridine rings is 1. The van der Waals surface area contributed by atoms with Crippen molar-refractivity contribution in [2.75, 3.05) is 57.8 Å². The number of fused-ring (bicyclic) bond motifs is 1. The topological polar surface area (TPSA) is 67.2 Å². The van der Waals surface area contributed by atoms with E-state index in [-0.39, 0.29) is 32.7 Å². The van der Waals surface area contributed by atoms with Gasteiger partial charge in [-0.05, 0) is 83.0 Å². The number of likely N-dealkylation sites (tertiary alicyclic amines) is 1. The average Bonchev–Trinajstić information content (AvgIpc) is 3.04. The molecule has 0 bridgehead atoms. The largest absolute Gasteiger partial charge is 0.705 e. The van der Waals surface area contributed by atoms with Crippen molar-refractivity contribution in [3.63, 3.8) is 0 Å². The molecular formula is C23H38N6SY-2. The second-order valence-electron chi connectivity index (χ2n) is 7.76. The Bertz CT molecular complexity index is 724. The number of anilines is 1. The Balaban J connectivity index is 0.000000324. The van der Waals surface area contributed by atoms with Crippen molar-refractivity contribution < 1.29 is 32.7 Å². The molecule has 1 saturated heterocycles. The van der Waals surface area contributed by atoms with Gasteiger partial charge in [0.25, 0.3) is 0 Å². The van der Waals surface area contributed by atoms with Gasteiger partial charge in [0.2, 0.25) is 0 Å². The van der Waals surface area contributed by atoms with Crippen LogP contribution in [-0.2, 0) is 45.5 Å². The van der Waals surface area contributed by atoms with Crippen LogP contribution in [0.2, 0.25) is 0 Å². The Hall–Kier alpha value is -0.436. The Labute approximate surface area is 219 Å². The van der Waals surface area contributed by atoms with E-state index < -0.39 is 0 Å². The summed E-state index contributed by atoms with van der Waals surface area (Å²) in [5, 5.41) is 4.18. The summed E-state index contributed by atoms with van der Waals surface area (Å²) in [5.41, 5.74) is 9.07. The summed E-state index contributed by atoms with van der Waals surface area (Å²) in [5.74, 6) is 0.998. The predicted octanol–water partition coefficient (Wildman–Crippen LogP) is 4.27. The van der Waals surface area contributed by atoms with Gasteiger partial charge in [-0.15, -0.1) is 5.69 Å². The normalized spacial score (nSPS) is 14.3. The van der Waals surface area contributed by atoms with Crippen molar-refractivity contribution in [3.8, 4) is 0 Å². The minimum Gasteiger partial charge on any atom is -0.705 e. The van der Waals surface area contributed by atoms with Gasteiger partial charge in [-0.2, -0.15) is 0 Å². The van der Waals surface area contributed by atoms with Gasteiger partial charge in [0.1, 0.15) is 5.82 Å². The molecule has 1 fully saturated rings. The summed E-state index contributed by atoms with van der Waals surface area (Å²) in [6.45, 7) is 9.77. The molecule has 0 saturated carbocycles. The standard InChI is InChI=1S/C14H19N4.C9H19N2S.Y/c1-3-18(9-8-16-2)14-7-4-11-10-12(15)5-6-13(11)17-14;12-10-6-5-9-11-7-3-1-2-4-8-11;/h4-7,10,15-16H,3,8-9H2,1-2H3;10H,1-9H2;/q2*-1;. The van der Waals surface area contributed by atoms with Crippen LogP contribution in [0.3, 0.4) is 0 Å². The van der Waals surface area contributed by atoms with E-state index in [4.69, 9.17) is 5.73 Å². The summed E-state index contributed by atoms with van der Waals surface area (Å²) in [6, 6.07) is 9.60. The Morgan fingerprint density at radius 3 is 2.48 bits per heavy atom. The van der Waals surface area contributed by atoms with Gasteiger partial charge in [-0.1, -0.05) is 25.0 Å². The van der Waals surface area contributed by atoms with Crippen LogP contribution in [-0.4, -0.2) is 62.7 Å². The number of nitrogens with one attached hydrogen (secondary N) is 3. The molecule has 1 aromatic heterocycles. The minimum absolute atomic E-state index is 0. The number of rotatable bonds is 9. The molecule has 1 radical (unpaired) electrons. The van der Waals surface area contributed by atoms with Gasteiger partial charge in [-0.25, -0.2) is 4.98 Å². The van der Waals surface area contributed by atoms with Gasteiger partial charge in [0.05, 0.1) is 5.52 Å². The molecule has 1 aliphatic heterocycles. The molecule has 8 heteroatoms. The SMILES string of the molecule is CCN(CCNC)c1ccc2cc([NH-])ccc2n1.[S-]NCCCN1CCCCCC1.[Y]. The molecule has 0 unspecified atom stereocenters. The number of nitrogens with zero attached hydrogens (tertiary/aromatic N) is 3. The van der Waals surface area contributed by atoms with Gasteiger partial charge in [-0.3, -0.25) is 0 Å². The van der Waals surface area contributed by atoms with Crippen LogP contribution >= 0.6 is 0 Å². The second kappa shape index (κ2) is 17.1.